The number of nitrogens with zero attached hydrogens (tertiary/aromatic N) is 2. The van der Waals surface area contributed by atoms with Crippen LogP contribution in [0.4, 0.5) is 0 Å². The number of carbonyl (C=O) groups is 1. The Hall–Kier alpha value is -0.650. The van der Waals surface area contributed by atoms with Crippen molar-refractivity contribution in [2.45, 2.75) is 50.7 Å². The van der Waals surface area contributed by atoms with E-state index in [0.717, 1.165) is 13.1 Å². The second-order valence-electron chi connectivity index (χ2n) is 5.96. The normalized spacial score (nSPS) is 30.7. The smallest absolute Gasteiger partial charge is 0.221 e. The zero-order valence-electron chi connectivity index (χ0n) is 12.3. The van der Waals surface area contributed by atoms with E-state index in [-0.39, 0.29) is 11.9 Å². The maximum Gasteiger partial charge on any atom is 0.221 e. The van der Waals surface area contributed by atoms with Crippen LogP contribution in [0.2, 0.25) is 0 Å². The molecule has 0 aromatic carbocycles. The van der Waals surface area contributed by atoms with E-state index < -0.39 is 0 Å². The lowest BCUT2D eigenvalue weighted by atomic mass is 9.95. The highest BCUT2D eigenvalue weighted by Gasteiger charge is 2.36. The minimum atomic E-state index is 0.0914. The Morgan fingerprint density at radius 3 is 2.89 bits per heavy atom. The van der Waals surface area contributed by atoms with Crippen LogP contribution in [0, 0.1) is 0 Å². The highest BCUT2D eigenvalue weighted by atomic mass is 16.1. The van der Waals surface area contributed by atoms with Gasteiger partial charge in [0.15, 0.2) is 0 Å². The van der Waals surface area contributed by atoms with Gasteiger partial charge in [-0.1, -0.05) is 6.42 Å². The quantitative estimate of drug-likeness (QED) is 0.754. The summed E-state index contributed by atoms with van der Waals surface area (Å²) in [7, 11) is 1.69. The van der Waals surface area contributed by atoms with Gasteiger partial charge in [0, 0.05) is 51.2 Å². The van der Waals surface area contributed by atoms with Crippen LogP contribution in [-0.4, -0.2) is 67.1 Å². The molecule has 5 heteroatoms. The first kappa shape index (κ1) is 14.8. The Morgan fingerprint density at radius 2 is 2.21 bits per heavy atom. The molecule has 2 heterocycles. The van der Waals surface area contributed by atoms with Gasteiger partial charge in [-0.2, -0.15) is 0 Å². The molecular weight excluding hydrogens is 240 g/mol. The minimum absolute atomic E-state index is 0.0914. The Balaban J connectivity index is 1.99. The van der Waals surface area contributed by atoms with Crippen LogP contribution in [-0.2, 0) is 4.79 Å². The van der Waals surface area contributed by atoms with E-state index in [9.17, 15) is 4.79 Å². The van der Waals surface area contributed by atoms with Crippen LogP contribution in [0.15, 0.2) is 0 Å². The second-order valence-corrected chi connectivity index (χ2v) is 5.96. The molecule has 3 unspecified atom stereocenters. The molecule has 3 N–H and O–H groups in total. The van der Waals surface area contributed by atoms with Gasteiger partial charge in [0.25, 0.3) is 0 Å². The molecule has 0 spiro atoms. The van der Waals surface area contributed by atoms with Crippen molar-refractivity contribution in [3.63, 3.8) is 0 Å². The van der Waals surface area contributed by atoms with Crippen LogP contribution >= 0.6 is 0 Å². The van der Waals surface area contributed by atoms with Gasteiger partial charge in [0.1, 0.15) is 0 Å². The fraction of sp³-hybridized carbons (Fsp3) is 0.929. The van der Waals surface area contributed by atoms with Crippen molar-refractivity contribution in [3.8, 4) is 0 Å². The van der Waals surface area contributed by atoms with Gasteiger partial charge in [0.2, 0.25) is 5.91 Å². The van der Waals surface area contributed by atoms with Crippen molar-refractivity contribution in [2.75, 3.05) is 33.2 Å². The number of rotatable bonds is 4. The molecule has 0 aromatic rings. The first-order valence-electron chi connectivity index (χ1n) is 7.56. The topological polar surface area (TPSA) is 61.6 Å². The van der Waals surface area contributed by atoms with E-state index in [1.54, 1.807) is 7.05 Å². The summed E-state index contributed by atoms with van der Waals surface area (Å²) in [6, 6.07) is 1.34. The minimum Gasteiger partial charge on any atom is -0.359 e. The molecule has 5 nitrogen and oxygen atoms in total. The number of hydrogen-bond acceptors (Lipinski definition) is 4. The Labute approximate surface area is 116 Å². The van der Waals surface area contributed by atoms with Crippen LogP contribution < -0.4 is 11.1 Å². The Kier molecular flexibility index (Phi) is 5.19. The first-order valence-corrected chi connectivity index (χ1v) is 7.56. The Morgan fingerprint density at radius 1 is 1.42 bits per heavy atom. The molecule has 0 aliphatic carbocycles. The summed E-state index contributed by atoms with van der Waals surface area (Å²) in [5.74, 6) is 0.0914. The molecule has 0 bridgehead atoms. The molecule has 2 aliphatic heterocycles. The molecule has 0 saturated carbocycles. The van der Waals surface area contributed by atoms with Crippen molar-refractivity contribution in [2.24, 2.45) is 5.73 Å². The molecule has 3 atom stereocenters. The molecule has 2 aliphatic rings. The summed E-state index contributed by atoms with van der Waals surface area (Å²) < 4.78 is 0. The number of nitrogens with one attached hydrogen (secondary N) is 1. The zero-order valence-corrected chi connectivity index (χ0v) is 12.3. The van der Waals surface area contributed by atoms with Gasteiger partial charge in [-0.25, -0.2) is 0 Å². The third-order valence-electron chi connectivity index (χ3n) is 4.68. The van der Waals surface area contributed by atoms with Crippen molar-refractivity contribution >= 4 is 5.91 Å². The summed E-state index contributed by atoms with van der Waals surface area (Å²) in [4.78, 5) is 16.7. The van der Waals surface area contributed by atoms with Gasteiger partial charge >= 0.3 is 0 Å². The number of piperidine rings is 1. The van der Waals surface area contributed by atoms with Crippen LogP contribution in [0.25, 0.3) is 0 Å². The van der Waals surface area contributed by atoms with Gasteiger partial charge in [-0.05, 0) is 26.3 Å². The van der Waals surface area contributed by atoms with Crippen molar-refractivity contribution in [1.82, 2.24) is 15.1 Å². The molecule has 2 fully saturated rings. The van der Waals surface area contributed by atoms with Gasteiger partial charge in [-0.15, -0.1) is 0 Å². The number of piperazine rings is 1. The number of amides is 1. The van der Waals surface area contributed by atoms with Crippen molar-refractivity contribution < 1.29 is 4.79 Å². The fourth-order valence-electron chi connectivity index (χ4n) is 3.54. The van der Waals surface area contributed by atoms with Crippen LogP contribution in [0.3, 0.4) is 0 Å². The summed E-state index contributed by atoms with van der Waals surface area (Å²) in [6.45, 7) is 6.25. The molecule has 1 amide bonds. The highest BCUT2D eigenvalue weighted by molar-refractivity contribution is 5.76. The molecule has 110 valence electrons. The highest BCUT2D eigenvalue weighted by Crippen LogP contribution is 2.25. The van der Waals surface area contributed by atoms with Crippen LogP contribution in [0.1, 0.15) is 32.6 Å². The lowest BCUT2D eigenvalue weighted by Crippen LogP contribution is -2.62. The lowest BCUT2D eigenvalue weighted by Gasteiger charge is -2.49. The number of nitrogens with two attached hydrogens (primary N) is 1. The lowest BCUT2D eigenvalue weighted by molar-refractivity contribution is -0.122. The summed E-state index contributed by atoms with van der Waals surface area (Å²) in [5, 5.41) is 2.71. The van der Waals surface area contributed by atoms with E-state index in [0.29, 0.717) is 25.0 Å². The molecule has 2 saturated heterocycles. The van der Waals surface area contributed by atoms with Crippen LogP contribution in [0.5, 0.6) is 0 Å². The largest absolute Gasteiger partial charge is 0.359 e. The van der Waals surface area contributed by atoms with E-state index >= 15 is 0 Å². The predicted molar refractivity (Wildman–Crippen MR) is 76.9 cm³/mol. The number of fused-ring (bicyclic) bond motifs is 1. The molecule has 0 aromatic heterocycles. The SMILES string of the molecule is CNC(=O)CC(CN)N1CC2CCCCN2CC1C. The molecule has 0 radical (unpaired) electrons. The third kappa shape index (κ3) is 3.46. The molecule has 19 heavy (non-hydrogen) atoms. The molecular formula is C14H28N4O. The zero-order chi connectivity index (χ0) is 13.8. The maximum absolute atomic E-state index is 11.6. The average molecular weight is 268 g/mol. The van der Waals surface area contributed by atoms with E-state index in [1.165, 1.54) is 25.8 Å². The van der Waals surface area contributed by atoms with Crippen molar-refractivity contribution in [3.05, 3.63) is 0 Å². The third-order valence-corrected chi connectivity index (χ3v) is 4.68. The van der Waals surface area contributed by atoms with Crippen molar-refractivity contribution in [1.29, 1.82) is 0 Å². The number of hydrogen-bond donors (Lipinski definition) is 2. The van der Waals surface area contributed by atoms with Gasteiger partial charge < -0.3 is 11.1 Å². The monoisotopic (exact) mass is 268 g/mol. The second kappa shape index (κ2) is 6.68. The summed E-state index contributed by atoms with van der Waals surface area (Å²) in [6.07, 6.45) is 4.48. The maximum atomic E-state index is 11.6. The standard InChI is InChI=1S/C14H28N4O/c1-11-9-17-6-4-3-5-12(17)10-18(11)13(8-15)7-14(19)16-2/h11-13H,3-10,15H2,1-2H3,(H,16,19). The predicted octanol–water partition coefficient (Wildman–Crippen LogP) is 0.00840. The van der Waals surface area contributed by atoms with Gasteiger partial charge in [-0.3, -0.25) is 14.6 Å². The fourth-order valence-corrected chi connectivity index (χ4v) is 3.54. The number of carbonyl (C=O) groups excluding carboxylic acids is 1. The summed E-state index contributed by atoms with van der Waals surface area (Å²) in [5.41, 5.74) is 5.90. The first-order chi connectivity index (χ1) is 9.15. The van der Waals surface area contributed by atoms with E-state index in [2.05, 4.69) is 22.0 Å². The van der Waals surface area contributed by atoms with E-state index in [1.807, 2.05) is 0 Å². The molecule has 2 rings (SSSR count). The average Bonchev–Trinajstić information content (AvgIpc) is 2.44. The Bertz CT molecular complexity index is 310. The van der Waals surface area contributed by atoms with E-state index in [4.69, 9.17) is 5.73 Å². The van der Waals surface area contributed by atoms with Gasteiger partial charge in [0.05, 0.1) is 0 Å². The summed E-state index contributed by atoms with van der Waals surface area (Å²) >= 11 is 0.